The van der Waals surface area contributed by atoms with Crippen molar-refractivity contribution in [3.05, 3.63) is 35.3 Å². The van der Waals surface area contributed by atoms with Crippen LogP contribution in [0.5, 0.6) is 0 Å². The fourth-order valence-corrected chi connectivity index (χ4v) is 4.21. The molecule has 2 aliphatic rings. The zero-order valence-corrected chi connectivity index (χ0v) is 19.2. The summed E-state index contributed by atoms with van der Waals surface area (Å²) < 4.78 is 5.31. The number of nitrogens with zero attached hydrogens (tertiary/aromatic N) is 5. The third-order valence-electron chi connectivity index (χ3n) is 6.11. The highest BCUT2D eigenvalue weighted by molar-refractivity contribution is 5.85. The molecular formula is C23H31N9O. The van der Waals surface area contributed by atoms with Crippen LogP contribution in [0.3, 0.4) is 0 Å². The van der Waals surface area contributed by atoms with Gasteiger partial charge >= 0.3 is 0 Å². The van der Waals surface area contributed by atoms with Gasteiger partial charge in [-0.3, -0.25) is 10.1 Å². The van der Waals surface area contributed by atoms with Crippen molar-refractivity contribution in [3.8, 4) is 0 Å². The zero-order chi connectivity index (χ0) is 22.6. The molecule has 10 heteroatoms. The number of hydrogen-bond acceptors (Lipinski definition) is 9. The molecule has 2 fully saturated rings. The Morgan fingerprint density at radius 3 is 2.76 bits per heavy atom. The van der Waals surface area contributed by atoms with Crippen molar-refractivity contribution in [2.24, 2.45) is 4.99 Å². The number of aryl methyl sites for hydroxylation is 1. The molecule has 33 heavy (non-hydrogen) atoms. The molecule has 1 atom stereocenters. The summed E-state index contributed by atoms with van der Waals surface area (Å²) in [7, 11) is 1.89. The van der Waals surface area contributed by atoms with E-state index in [1.807, 2.05) is 26.1 Å². The molecule has 0 unspecified atom stereocenters. The predicted molar refractivity (Wildman–Crippen MR) is 128 cm³/mol. The molecule has 2 saturated carbocycles. The summed E-state index contributed by atoms with van der Waals surface area (Å²) in [5, 5.41) is 21.7. The van der Waals surface area contributed by atoms with Crippen LogP contribution in [0.15, 0.2) is 27.7 Å². The van der Waals surface area contributed by atoms with Gasteiger partial charge in [-0.1, -0.05) is 11.6 Å². The van der Waals surface area contributed by atoms with E-state index in [-0.39, 0.29) is 0 Å². The molecule has 10 nitrogen and oxygen atoms in total. The minimum absolute atomic E-state index is 0.297. The van der Waals surface area contributed by atoms with Gasteiger partial charge in [-0.05, 0) is 39.0 Å². The summed E-state index contributed by atoms with van der Waals surface area (Å²) in [6.45, 7) is 2.35. The summed E-state index contributed by atoms with van der Waals surface area (Å²) >= 11 is 0. The third kappa shape index (κ3) is 5.68. The second-order valence-electron chi connectivity index (χ2n) is 8.94. The molecular weight excluding hydrogens is 418 g/mol. The molecule has 3 aromatic heterocycles. The van der Waals surface area contributed by atoms with E-state index in [1.54, 1.807) is 0 Å². The van der Waals surface area contributed by atoms with Crippen molar-refractivity contribution in [2.75, 3.05) is 23.0 Å². The fourth-order valence-electron chi connectivity index (χ4n) is 4.21. The molecule has 0 bridgehead atoms. The molecule has 3 heterocycles. The molecule has 0 amide bonds. The quantitative estimate of drug-likeness (QED) is 0.369. The number of rotatable bonds is 8. The van der Waals surface area contributed by atoms with Gasteiger partial charge in [0.15, 0.2) is 11.6 Å². The van der Waals surface area contributed by atoms with E-state index in [9.17, 15) is 0 Å². The van der Waals surface area contributed by atoms with Gasteiger partial charge < -0.3 is 20.5 Å². The van der Waals surface area contributed by atoms with Crippen LogP contribution in [0.4, 0.5) is 23.4 Å². The molecule has 3 aromatic rings. The standard InChI is InChI=1S/C23H31N9O/c1-14-9-18(33-32-14)13-25-23-28-20(26-17-6-4-3-5-16(10-17)24-2)12-21(29-23)27-22-11-19(30-31-22)15-7-8-15/h9,11-12,15,17H,3-8,10,13H2,1-2H3,(H4,25,26,27,28,29,30,31)/t17-/m1/s1. The maximum absolute atomic E-state index is 5.31. The lowest BCUT2D eigenvalue weighted by atomic mass is 10.1. The van der Waals surface area contributed by atoms with Gasteiger partial charge in [0.1, 0.15) is 11.6 Å². The van der Waals surface area contributed by atoms with Crippen molar-refractivity contribution >= 4 is 29.1 Å². The Labute approximate surface area is 193 Å². The summed E-state index contributed by atoms with van der Waals surface area (Å²) in [6, 6.07) is 6.19. The Kier molecular flexibility index (Phi) is 6.23. The van der Waals surface area contributed by atoms with Crippen LogP contribution in [-0.4, -0.2) is 44.1 Å². The van der Waals surface area contributed by atoms with Crippen molar-refractivity contribution < 1.29 is 4.52 Å². The van der Waals surface area contributed by atoms with E-state index in [2.05, 4.69) is 47.3 Å². The Morgan fingerprint density at radius 2 is 1.97 bits per heavy atom. The lowest BCUT2D eigenvalue weighted by Crippen LogP contribution is -2.22. The summed E-state index contributed by atoms with van der Waals surface area (Å²) in [5.74, 6) is 4.06. The largest absolute Gasteiger partial charge is 0.367 e. The van der Waals surface area contributed by atoms with Crippen molar-refractivity contribution in [2.45, 2.75) is 70.4 Å². The Hall–Kier alpha value is -3.43. The first-order valence-corrected chi connectivity index (χ1v) is 11.7. The first-order valence-electron chi connectivity index (χ1n) is 11.7. The van der Waals surface area contributed by atoms with E-state index in [4.69, 9.17) is 9.51 Å². The SMILES string of the molecule is CN=C1CCCC[C@@H](Nc2cc(Nc3cc(C4CC4)[nH]n3)nc(NCc3cc(C)no3)n2)C1. The Bertz CT molecular complexity index is 1110. The van der Waals surface area contributed by atoms with E-state index in [0.717, 1.165) is 42.4 Å². The number of aliphatic imine (C=N–C) groups is 1. The van der Waals surface area contributed by atoms with Gasteiger partial charge in [0.25, 0.3) is 0 Å². The van der Waals surface area contributed by atoms with Gasteiger partial charge in [0, 0.05) is 55.0 Å². The predicted octanol–water partition coefficient (Wildman–Crippen LogP) is 4.54. The second-order valence-corrected chi connectivity index (χ2v) is 8.94. The smallest absolute Gasteiger partial charge is 0.227 e. The average Bonchev–Trinajstić information content (AvgIpc) is 3.48. The Morgan fingerprint density at radius 1 is 1.09 bits per heavy atom. The molecule has 0 spiro atoms. The molecule has 0 radical (unpaired) electrons. The first-order chi connectivity index (χ1) is 16.1. The van der Waals surface area contributed by atoms with E-state index >= 15 is 0 Å². The number of hydrogen-bond donors (Lipinski definition) is 4. The second kappa shape index (κ2) is 9.60. The topological polar surface area (TPSA) is 129 Å². The fraction of sp³-hybridized carbons (Fsp3) is 0.522. The van der Waals surface area contributed by atoms with Crippen molar-refractivity contribution in [1.82, 2.24) is 25.3 Å². The van der Waals surface area contributed by atoms with Crippen LogP contribution in [0.25, 0.3) is 0 Å². The van der Waals surface area contributed by atoms with Gasteiger partial charge in [0.2, 0.25) is 5.95 Å². The van der Waals surface area contributed by atoms with Gasteiger partial charge in [-0.15, -0.1) is 0 Å². The molecule has 4 N–H and O–H groups in total. The number of aromatic nitrogens is 5. The van der Waals surface area contributed by atoms with Crippen molar-refractivity contribution in [1.29, 1.82) is 0 Å². The molecule has 0 aliphatic heterocycles. The number of H-pyrrole nitrogens is 1. The van der Waals surface area contributed by atoms with E-state index in [0.29, 0.717) is 30.3 Å². The molecule has 5 rings (SSSR count). The first kappa shape index (κ1) is 21.4. The number of nitrogens with one attached hydrogen (secondary N) is 4. The van der Waals surface area contributed by atoms with Crippen LogP contribution in [0.2, 0.25) is 0 Å². The van der Waals surface area contributed by atoms with Crippen molar-refractivity contribution in [3.63, 3.8) is 0 Å². The third-order valence-corrected chi connectivity index (χ3v) is 6.11. The lowest BCUT2D eigenvalue weighted by molar-refractivity contribution is 0.384. The molecule has 0 saturated heterocycles. The van der Waals surface area contributed by atoms with Crippen LogP contribution in [-0.2, 0) is 6.54 Å². The van der Waals surface area contributed by atoms with Crippen LogP contribution < -0.4 is 16.0 Å². The number of anilines is 4. The minimum Gasteiger partial charge on any atom is -0.367 e. The van der Waals surface area contributed by atoms with Gasteiger partial charge in [0.05, 0.1) is 12.2 Å². The van der Waals surface area contributed by atoms with Gasteiger partial charge in [-0.2, -0.15) is 15.1 Å². The monoisotopic (exact) mass is 449 g/mol. The maximum atomic E-state index is 5.31. The minimum atomic E-state index is 0.297. The molecule has 2 aliphatic carbocycles. The van der Waals surface area contributed by atoms with Crippen LogP contribution in [0, 0.1) is 6.92 Å². The molecule has 174 valence electrons. The van der Waals surface area contributed by atoms with Crippen LogP contribution in [0.1, 0.15) is 68.0 Å². The number of aromatic amines is 1. The normalized spacial score (nSPS) is 19.9. The zero-order valence-electron chi connectivity index (χ0n) is 19.2. The Balaban J connectivity index is 1.35. The van der Waals surface area contributed by atoms with E-state index in [1.165, 1.54) is 37.1 Å². The average molecular weight is 450 g/mol. The van der Waals surface area contributed by atoms with Crippen LogP contribution >= 0.6 is 0 Å². The summed E-state index contributed by atoms with van der Waals surface area (Å²) in [5.41, 5.74) is 3.28. The highest BCUT2D eigenvalue weighted by atomic mass is 16.5. The lowest BCUT2D eigenvalue weighted by Gasteiger charge is -2.18. The highest BCUT2D eigenvalue weighted by Crippen LogP contribution is 2.39. The van der Waals surface area contributed by atoms with Gasteiger partial charge in [-0.25, -0.2) is 0 Å². The molecule has 0 aromatic carbocycles. The van der Waals surface area contributed by atoms with E-state index < -0.39 is 0 Å². The summed E-state index contributed by atoms with van der Waals surface area (Å²) in [4.78, 5) is 13.8. The summed E-state index contributed by atoms with van der Waals surface area (Å²) in [6.07, 6.45) is 7.93. The maximum Gasteiger partial charge on any atom is 0.227 e. The highest BCUT2D eigenvalue weighted by Gasteiger charge is 2.25.